The Balaban J connectivity index is 0.00000208. The molecule has 0 unspecified atom stereocenters. The number of aliphatic carboxylic acids is 1. The second-order valence-corrected chi connectivity index (χ2v) is 13.1. The van der Waals surface area contributed by atoms with Crippen LogP contribution in [-0.2, 0) is 19.2 Å². The fourth-order valence-corrected chi connectivity index (χ4v) is 7.78. The SMILES string of the molecule is Cc1cc(SCC(=O)N[C@@H]2C(=O)N3C(C(=O)O)=C(/C=C4\CCN(C5CC5)C4=O)CS[C@H]23)n2nc(-c3ccc(O)cc3)nc2n1.[H-].[Na+]. The predicted octanol–water partition coefficient (Wildman–Crippen LogP) is -0.926. The zero-order valence-corrected chi connectivity index (χ0v) is 28.1. The summed E-state index contributed by atoms with van der Waals surface area (Å²) in [7, 11) is 0. The molecule has 0 radical (unpaired) electrons. The maximum atomic E-state index is 13.1. The summed E-state index contributed by atoms with van der Waals surface area (Å²) in [6.07, 6.45) is 4.20. The first-order chi connectivity index (χ1) is 21.2. The summed E-state index contributed by atoms with van der Waals surface area (Å²) in [4.78, 5) is 63.2. The van der Waals surface area contributed by atoms with Gasteiger partial charge in [0.1, 0.15) is 27.9 Å². The molecule has 2 aromatic heterocycles. The van der Waals surface area contributed by atoms with Crippen molar-refractivity contribution in [3.05, 3.63) is 58.9 Å². The van der Waals surface area contributed by atoms with Crippen molar-refractivity contribution in [3.63, 3.8) is 0 Å². The molecule has 3 amide bonds. The molecule has 0 spiro atoms. The molecule has 13 nitrogen and oxygen atoms in total. The van der Waals surface area contributed by atoms with E-state index in [1.54, 1.807) is 40.9 Å². The minimum Gasteiger partial charge on any atom is -1.00 e. The molecule has 3 fully saturated rings. The summed E-state index contributed by atoms with van der Waals surface area (Å²) in [6.45, 7) is 2.45. The number of hydrogen-bond acceptors (Lipinski definition) is 10. The molecular weight excluding hydrogens is 629 g/mol. The molecule has 228 valence electrons. The summed E-state index contributed by atoms with van der Waals surface area (Å²) >= 11 is 2.58. The van der Waals surface area contributed by atoms with E-state index in [4.69, 9.17) is 0 Å². The topological polar surface area (TPSA) is 170 Å². The van der Waals surface area contributed by atoms with E-state index in [-0.39, 0.29) is 60.0 Å². The van der Waals surface area contributed by atoms with Crippen LogP contribution in [0.15, 0.2) is 58.3 Å². The van der Waals surface area contributed by atoms with E-state index in [0.717, 1.165) is 12.8 Å². The van der Waals surface area contributed by atoms with E-state index in [2.05, 4.69) is 20.4 Å². The maximum Gasteiger partial charge on any atom is 1.00 e. The molecule has 1 saturated carbocycles. The van der Waals surface area contributed by atoms with Crippen LogP contribution in [0.3, 0.4) is 0 Å². The number of benzene rings is 1. The van der Waals surface area contributed by atoms with E-state index < -0.39 is 23.3 Å². The molecule has 5 heterocycles. The molecule has 7 rings (SSSR count). The van der Waals surface area contributed by atoms with E-state index in [0.29, 0.717) is 63.8 Å². The number of thioether (sulfide) groups is 2. The largest absolute Gasteiger partial charge is 1.00 e. The number of phenols is 1. The van der Waals surface area contributed by atoms with Crippen LogP contribution in [0.4, 0.5) is 0 Å². The molecule has 1 aliphatic carbocycles. The first-order valence-corrected chi connectivity index (χ1v) is 16.1. The van der Waals surface area contributed by atoms with Gasteiger partial charge < -0.3 is 21.9 Å². The van der Waals surface area contributed by atoms with Gasteiger partial charge in [0.15, 0.2) is 5.82 Å². The van der Waals surface area contributed by atoms with Crippen molar-refractivity contribution in [3.8, 4) is 17.1 Å². The first kappa shape index (κ1) is 31.6. The van der Waals surface area contributed by atoms with Crippen molar-refractivity contribution in [2.24, 2.45) is 0 Å². The van der Waals surface area contributed by atoms with Gasteiger partial charge in [-0.2, -0.15) is 9.50 Å². The van der Waals surface area contributed by atoms with Crippen molar-refractivity contribution < 1.29 is 60.4 Å². The second-order valence-electron chi connectivity index (χ2n) is 11.0. The summed E-state index contributed by atoms with van der Waals surface area (Å²) in [5.74, 6) is -0.994. The molecule has 4 aliphatic rings. The van der Waals surface area contributed by atoms with Gasteiger partial charge in [0, 0.05) is 35.2 Å². The van der Waals surface area contributed by atoms with Crippen LogP contribution in [0.2, 0.25) is 0 Å². The van der Waals surface area contributed by atoms with Crippen LogP contribution >= 0.6 is 23.5 Å². The molecule has 1 aromatic carbocycles. The van der Waals surface area contributed by atoms with Gasteiger partial charge in [0.05, 0.1) is 5.75 Å². The van der Waals surface area contributed by atoms with E-state index >= 15 is 0 Å². The number of likely N-dealkylation sites (tertiary alicyclic amines) is 1. The van der Waals surface area contributed by atoms with E-state index in [1.165, 1.54) is 28.4 Å². The van der Waals surface area contributed by atoms with Crippen molar-refractivity contribution in [2.75, 3.05) is 18.1 Å². The number of aromatic nitrogens is 4. The number of hydrogen-bond donors (Lipinski definition) is 3. The Hall–Kier alpha value is -3.37. The van der Waals surface area contributed by atoms with Gasteiger partial charge in [-0.05, 0) is 68.2 Å². The Morgan fingerprint density at radius 2 is 1.96 bits per heavy atom. The number of carboxylic acids is 1. The van der Waals surface area contributed by atoms with Gasteiger partial charge in [-0.1, -0.05) is 11.8 Å². The summed E-state index contributed by atoms with van der Waals surface area (Å²) < 4.78 is 1.54. The van der Waals surface area contributed by atoms with Crippen molar-refractivity contribution in [1.82, 2.24) is 34.7 Å². The smallest absolute Gasteiger partial charge is 1.00 e. The number of aryl methyl sites for hydroxylation is 1. The zero-order chi connectivity index (χ0) is 30.7. The number of nitrogens with one attached hydrogen (secondary N) is 1. The molecule has 3 aromatic rings. The van der Waals surface area contributed by atoms with Gasteiger partial charge in [0.2, 0.25) is 11.8 Å². The fourth-order valence-electron chi connectivity index (χ4n) is 5.61. The molecule has 2 saturated heterocycles. The minimum atomic E-state index is -1.24. The fraction of sp³-hybridized carbons (Fsp3) is 0.345. The molecule has 0 bridgehead atoms. The van der Waals surface area contributed by atoms with Crippen LogP contribution in [0.5, 0.6) is 5.75 Å². The normalized spacial score (nSPS) is 22.0. The monoisotopic (exact) mass is 657 g/mol. The third kappa shape index (κ3) is 5.99. The zero-order valence-electron chi connectivity index (χ0n) is 25.5. The molecular formula is C29H28N7NaO6S2. The van der Waals surface area contributed by atoms with Crippen LogP contribution in [-0.4, -0.2) is 98.8 Å². The number of β-lactam (4-membered cyclic amide) rings is 1. The van der Waals surface area contributed by atoms with Crippen molar-refractivity contribution >= 4 is 53.0 Å². The summed E-state index contributed by atoms with van der Waals surface area (Å²) in [6, 6.07) is 7.69. The minimum absolute atomic E-state index is 0. The van der Waals surface area contributed by atoms with Gasteiger partial charge in [0.25, 0.3) is 11.7 Å². The number of rotatable bonds is 8. The number of aromatic hydroxyl groups is 1. The second kappa shape index (κ2) is 12.4. The van der Waals surface area contributed by atoms with Gasteiger partial charge in [-0.15, -0.1) is 16.9 Å². The standard InChI is InChI=1S/C29H27N7O6S2.Na.H/c1-14-10-21(36-29(30-14)32-24(33-36)15-2-6-19(37)7-3-15)43-13-20(38)31-22-26(40)35-23(28(41)42)17(12-44-27(22)35)11-16-8-9-34(25(16)39)18-4-5-18;;/h2-3,6-7,10-11,18,22,27,37H,4-5,8-9,12-13H2,1H3,(H,31,38)(H,41,42);;/q;+1;-1/b16-11+;;/t22-,27-;;/m1../s1. The Morgan fingerprint density at radius 3 is 2.67 bits per heavy atom. The number of carbonyl (C=O) groups excluding carboxylic acids is 3. The van der Waals surface area contributed by atoms with Crippen LogP contribution < -0.4 is 34.9 Å². The maximum absolute atomic E-state index is 13.1. The molecule has 2 atom stereocenters. The Labute approximate surface area is 289 Å². The average Bonchev–Trinajstić information content (AvgIpc) is 3.65. The number of carboxylic acid groups (broad SMARTS) is 1. The average molecular weight is 658 g/mol. The molecule has 45 heavy (non-hydrogen) atoms. The predicted molar refractivity (Wildman–Crippen MR) is 162 cm³/mol. The van der Waals surface area contributed by atoms with Gasteiger partial charge >= 0.3 is 35.5 Å². The summed E-state index contributed by atoms with van der Waals surface area (Å²) in [5, 5.41) is 27.0. The van der Waals surface area contributed by atoms with Crippen LogP contribution in [0.25, 0.3) is 17.2 Å². The number of amides is 3. The summed E-state index contributed by atoms with van der Waals surface area (Å²) in [5.41, 5.74) is 2.26. The number of nitrogens with zero attached hydrogens (tertiary/aromatic N) is 6. The Morgan fingerprint density at radius 1 is 1.20 bits per heavy atom. The number of phenolic OH excluding ortho intramolecular Hbond substituents is 1. The molecule has 3 N–H and O–H groups in total. The van der Waals surface area contributed by atoms with Crippen LogP contribution in [0.1, 0.15) is 26.4 Å². The van der Waals surface area contributed by atoms with Crippen molar-refractivity contribution in [2.45, 2.75) is 48.7 Å². The van der Waals surface area contributed by atoms with Gasteiger partial charge in [-0.25, -0.2) is 9.78 Å². The number of carbonyl (C=O) groups is 4. The number of allylic oxidation sites excluding steroid dienone is 1. The Bertz CT molecular complexity index is 1810. The third-order valence-electron chi connectivity index (χ3n) is 7.89. The van der Waals surface area contributed by atoms with Crippen molar-refractivity contribution in [1.29, 1.82) is 0 Å². The number of fused-ring (bicyclic) bond motifs is 2. The van der Waals surface area contributed by atoms with E-state index in [1.807, 2.05) is 11.8 Å². The Kier molecular flexibility index (Phi) is 8.73. The molecule has 3 aliphatic heterocycles. The van der Waals surface area contributed by atoms with Gasteiger partial charge in [-0.3, -0.25) is 19.3 Å². The molecule has 16 heteroatoms. The van der Waals surface area contributed by atoms with Crippen LogP contribution in [0, 0.1) is 6.92 Å². The third-order valence-corrected chi connectivity index (χ3v) is 10.2. The quantitative estimate of drug-likeness (QED) is 0.0900. The first-order valence-electron chi connectivity index (χ1n) is 14.1. The van der Waals surface area contributed by atoms with E-state index in [9.17, 15) is 29.4 Å².